The maximum Gasteiger partial charge on any atom is 0.216 e. The Morgan fingerprint density at radius 2 is 2.00 bits per heavy atom. The molecule has 0 unspecified atom stereocenters. The minimum atomic E-state index is -0.130. The van der Waals surface area contributed by atoms with E-state index in [1.165, 1.54) is 37.0 Å². The number of aliphatic hydroxyl groups excluding tert-OH is 1. The van der Waals surface area contributed by atoms with Gasteiger partial charge in [0.05, 0.1) is 11.9 Å². The van der Waals surface area contributed by atoms with Gasteiger partial charge >= 0.3 is 0 Å². The topological polar surface area (TPSA) is 58.6 Å². The van der Waals surface area contributed by atoms with Crippen LogP contribution in [0.15, 0.2) is 23.0 Å². The third kappa shape index (κ3) is 3.69. The Hall–Kier alpha value is -1.29. The Kier molecular flexibility index (Phi) is 6.02. The first-order chi connectivity index (χ1) is 16.0. The van der Waals surface area contributed by atoms with Crippen LogP contribution in [0.25, 0.3) is 0 Å². The molecule has 0 aromatic heterocycles. The normalized spacial score (nSPS) is 46.0. The van der Waals surface area contributed by atoms with Crippen molar-refractivity contribution in [1.29, 1.82) is 0 Å². The first-order valence-corrected chi connectivity index (χ1v) is 14.0. The van der Waals surface area contributed by atoms with E-state index in [0.29, 0.717) is 22.7 Å². The highest BCUT2D eigenvalue weighted by Crippen LogP contribution is 2.71. The number of ether oxygens (including phenoxy) is 1. The Morgan fingerprint density at radius 1 is 1.24 bits per heavy atom. The van der Waals surface area contributed by atoms with Crippen LogP contribution in [0.2, 0.25) is 0 Å². The molecule has 0 aromatic rings. The summed E-state index contributed by atoms with van der Waals surface area (Å²) in [5.41, 5.74) is 3.62. The van der Waals surface area contributed by atoms with Gasteiger partial charge < -0.3 is 15.2 Å². The summed E-state index contributed by atoms with van der Waals surface area (Å²) in [5.74, 6) is 4.51. The molecule has 5 aliphatic rings. The zero-order valence-electron chi connectivity index (χ0n) is 22.4. The van der Waals surface area contributed by atoms with Crippen LogP contribution >= 0.6 is 0 Å². The van der Waals surface area contributed by atoms with Gasteiger partial charge in [-0.1, -0.05) is 32.4 Å². The molecule has 0 spiro atoms. The van der Waals surface area contributed by atoms with Crippen molar-refractivity contribution in [1.82, 2.24) is 5.32 Å². The Labute approximate surface area is 207 Å². The van der Waals surface area contributed by atoms with Crippen LogP contribution in [0, 0.1) is 40.4 Å². The number of nitrogens with one attached hydrogen (secondary N) is 1. The summed E-state index contributed by atoms with van der Waals surface area (Å²) >= 11 is 0. The largest absolute Gasteiger partial charge is 0.491 e. The Balaban J connectivity index is 1.34. The number of carbonyl (C=O) groups is 1. The van der Waals surface area contributed by atoms with Crippen molar-refractivity contribution in [2.24, 2.45) is 40.4 Å². The number of carbonyl (C=O) groups excluding carboxylic acids is 1. The summed E-state index contributed by atoms with van der Waals surface area (Å²) in [6, 6.07) is 0. The number of aliphatic hydroxyl groups is 1. The van der Waals surface area contributed by atoms with Crippen molar-refractivity contribution in [3.8, 4) is 0 Å². The number of fused-ring (bicyclic) bond motifs is 7. The summed E-state index contributed by atoms with van der Waals surface area (Å²) in [7, 11) is 0. The first kappa shape index (κ1) is 24.4. The molecule has 1 heterocycles. The second kappa shape index (κ2) is 8.39. The molecule has 9 atom stereocenters. The van der Waals surface area contributed by atoms with E-state index in [1.807, 2.05) is 0 Å². The molecular weight excluding hydrogens is 422 g/mol. The van der Waals surface area contributed by atoms with Gasteiger partial charge in [-0.15, -0.1) is 0 Å². The smallest absolute Gasteiger partial charge is 0.216 e. The summed E-state index contributed by atoms with van der Waals surface area (Å²) in [6.45, 7) is 14.4. The molecule has 1 aliphatic heterocycles. The van der Waals surface area contributed by atoms with Crippen LogP contribution in [-0.4, -0.2) is 29.3 Å². The van der Waals surface area contributed by atoms with Crippen LogP contribution < -0.4 is 5.32 Å². The second-order valence-corrected chi connectivity index (χ2v) is 13.4. The third-order valence-electron chi connectivity index (χ3n) is 11.2. The highest BCUT2D eigenvalue weighted by molar-refractivity contribution is 5.72. The van der Waals surface area contributed by atoms with Crippen molar-refractivity contribution in [3.05, 3.63) is 23.0 Å². The van der Waals surface area contributed by atoms with E-state index in [1.54, 1.807) is 12.5 Å². The number of allylic oxidation sites excluding steroid dienone is 2. The standard InChI is InChI=1S/C30H47NO3/c1-18(17-31-20(3)32)7-10-26-19(2)27-29(5)14-12-24-23(25(29)16-30(27,6)34-26)9-8-21-15-22(33)11-13-28(21,24)4/h8,18,22-25,27,33H,7,9-17H2,1-6H3,(H,31,32)/t18-,22-,23-,24+,25+,27-,28+,29+,30-/m1/s1. The lowest BCUT2D eigenvalue weighted by Crippen LogP contribution is -2.50. The molecule has 4 aliphatic carbocycles. The highest BCUT2D eigenvalue weighted by Gasteiger charge is 2.67. The zero-order valence-corrected chi connectivity index (χ0v) is 22.4. The van der Waals surface area contributed by atoms with Gasteiger partial charge in [-0.3, -0.25) is 4.79 Å². The molecule has 1 amide bonds. The van der Waals surface area contributed by atoms with Gasteiger partial charge in [0.15, 0.2) is 0 Å². The van der Waals surface area contributed by atoms with Crippen molar-refractivity contribution < 1.29 is 14.6 Å². The molecule has 190 valence electrons. The minimum absolute atomic E-state index is 0.0546. The number of amides is 1. The Morgan fingerprint density at radius 3 is 2.74 bits per heavy atom. The van der Waals surface area contributed by atoms with E-state index in [0.717, 1.165) is 56.4 Å². The molecular formula is C30H47NO3. The Bertz CT molecular complexity index is 907. The minimum Gasteiger partial charge on any atom is -0.491 e. The molecule has 3 saturated carbocycles. The van der Waals surface area contributed by atoms with Crippen molar-refractivity contribution >= 4 is 5.91 Å². The van der Waals surface area contributed by atoms with Gasteiger partial charge in [-0.2, -0.15) is 0 Å². The predicted molar refractivity (Wildman–Crippen MR) is 136 cm³/mol. The van der Waals surface area contributed by atoms with E-state index in [9.17, 15) is 9.90 Å². The quantitative estimate of drug-likeness (QED) is 0.475. The van der Waals surface area contributed by atoms with Crippen LogP contribution in [0.1, 0.15) is 99.3 Å². The van der Waals surface area contributed by atoms with Crippen LogP contribution in [0.4, 0.5) is 0 Å². The molecule has 2 N–H and O–H groups in total. The van der Waals surface area contributed by atoms with E-state index in [2.05, 4.69) is 46.0 Å². The maximum absolute atomic E-state index is 11.3. The van der Waals surface area contributed by atoms with Gasteiger partial charge in [-0.25, -0.2) is 0 Å². The average molecular weight is 470 g/mol. The van der Waals surface area contributed by atoms with Gasteiger partial charge in [0.2, 0.25) is 5.91 Å². The van der Waals surface area contributed by atoms with E-state index < -0.39 is 0 Å². The number of hydrogen-bond acceptors (Lipinski definition) is 3. The van der Waals surface area contributed by atoms with Gasteiger partial charge in [0.1, 0.15) is 5.60 Å². The number of rotatable bonds is 5. The van der Waals surface area contributed by atoms with Gasteiger partial charge in [0, 0.05) is 25.8 Å². The molecule has 0 bridgehead atoms. The molecule has 4 heteroatoms. The monoisotopic (exact) mass is 469 g/mol. The fourth-order valence-corrected chi connectivity index (χ4v) is 9.61. The lowest BCUT2D eigenvalue weighted by atomic mass is 9.47. The van der Waals surface area contributed by atoms with Crippen LogP contribution in [0.5, 0.6) is 0 Å². The van der Waals surface area contributed by atoms with Gasteiger partial charge in [-0.05, 0) is 105 Å². The molecule has 0 aromatic carbocycles. The fourth-order valence-electron chi connectivity index (χ4n) is 9.61. The van der Waals surface area contributed by atoms with Crippen molar-refractivity contribution in [2.75, 3.05) is 6.54 Å². The van der Waals surface area contributed by atoms with Crippen LogP contribution in [-0.2, 0) is 9.53 Å². The van der Waals surface area contributed by atoms with Crippen molar-refractivity contribution in [2.45, 2.75) is 111 Å². The van der Waals surface area contributed by atoms with Crippen molar-refractivity contribution in [3.63, 3.8) is 0 Å². The van der Waals surface area contributed by atoms with Crippen LogP contribution in [0.3, 0.4) is 0 Å². The van der Waals surface area contributed by atoms with E-state index >= 15 is 0 Å². The van der Waals surface area contributed by atoms with Gasteiger partial charge in [0.25, 0.3) is 0 Å². The SMILES string of the molecule is CC(=O)NC[C@H](C)CCC1=C(C)[C@@H]2[C@@]3(C)CC[C@H]4[C@@H](CC=C5C[C@H](O)CC[C@@]54C)[C@@H]3C[C@@]2(C)O1. The fraction of sp³-hybridized carbons (Fsp3) is 0.833. The lowest BCUT2D eigenvalue weighted by Gasteiger charge is -2.57. The zero-order chi connectivity index (χ0) is 24.5. The third-order valence-corrected chi connectivity index (χ3v) is 11.2. The summed E-state index contributed by atoms with van der Waals surface area (Å²) in [5, 5.41) is 13.3. The molecule has 4 nitrogen and oxygen atoms in total. The van der Waals surface area contributed by atoms with E-state index in [-0.39, 0.29) is 17.6 Å². The first-order valence-electron chi connectivity index (χ1n) is 14.0. The molecule has 0 radical (unpaired) electrons. The summed E-state index contributed by atoms with van der Waals surface area (Å²) in [6.07, 6.45) is 12.5. The maximum atomic E-state index is 11.3. The predicted octanol–water partition coefficient (Wildman–Crippen LogP) is 6.15. The summed E-state index contributed by atoms with van der Waals surface area (Å²) in [4.78, 5) is 11.3. The molecule has 0 saturated heterocycles. The lowest BCUT2D eigenvalue weighted by molar-refractivity contribution is -0.119. The molecule has 5 rings (SSSR count). The van der Waals surface area contributed by atoms with E-state index in [4.69, 9.17) is 4.74 Å². The average Bonchev–Trinajstić information content (AvgIpc) is 3.17. The summed E-state index contributed by atoms with van der Waals surface area (Å²) < 4.78 is 6.89. The molecule has 3 fully saturated rings. The highest BCUT2D eigenvalue weighted by atomic mass is 16.5. The number of hydrogen-bond donors (Lipinski definition) is 2. The molecule has 34 heavy (non-hydrogen) atoms. The second-order valence-electron chi connectivity index (χ2n) is 13.4.